The summed E-state index contributed by atoms with van der Waals surface area (Å²) in [6.07, 6.45) is 6.38. The van der Waals surface area contributed by atoms with Crippen LogP contribution >= 0.6 is 34.8 Å². The Morgan fingerprint density at radius 1 is 1.02 bits per heavy atom. The summed E-state index contributed by atoms with van der Waals surface area (Å²) in [5.41, 5.74) is -0.540. The predicted molar refractivity (Wildman–Crippen MR) is 214 cm³/mol. The van der Waals surface area contributed by atoms with Crippen LogP contribution in [0.15, 0.2) is 69.5 Å². The lowest BCUT2D eigenvalue weighted by Gasteiger charge is -2.39. The summed E-state index contributed by atoms with van der Waals surface area (Å²) in [5.74, 6) is 0.311. The second-order valence-electron chi connectivity index (χ2n) is 14.8. The molecule has 2 aliphatic rings. The predicted octanol–water partition coefficient (Wildman–Crippen LogP) is 7.07. The standard InChI is InChI=1S/C38H51Cl3N6O5S/c1-8-52-33-24-32(41)34(53(50,51)44-37(3,4)5)23-31(33)35(43-38(6,7)28-11-15-30(40)16-12-28)47(25-27-9-13-29(39)14-10-27)36(49)46-21-19-45(20-22-46)18-17-42-26(2)48/h9-11,13-16,23-24,28,44H,8,12,17-22,25H2,1-7H3,(H,42,48)/b43-35-. The van der Waals surface area contributed by atoms with Crippen LogP contribution in [0.3, 0.4) is 0 Å². The van der Waals surface area contributed by atoms with Gasteiger partial charge in [-0.1, -0.05) is 59.1 Å². The first-order valence-corrected chi connectivity index (χ1v) is 20.3. The van der Waals surface area contributed by atoms with Crippen LogP contribution in [0.5, 0.6) is 5.75 Å². The molecule has 1 atom stereocenters. The lowest BCUT2D eigenvalue weighted by Crippen LogP contribution is -2.55. The van der Waals surface area contributed by atoms with Crippen LogP contribution in [0.1, 0.15) is 66.0 Å². The average molecular weight is 810 g/mol. The third kappa shape index (κ3) is 11.9. The number of carbonyl (C=O) groups excluding carboxylic acids is 2. The molecule has 1 saturated heterocycles. The molecule has 0 spiro atoms. The summed E-state index contributed by atoms with van der Waals surface area (Å²) in [6.45, 7) is 16.0. The first-order chi connectivity index (χ1) is 24.8. The molecule has 0 saturated carbocycles. The number of halogens is 3. The summed E-state index contributed by atoms with van der Waals surface area (Å²) in [6, 6.07) is 9.82. The number of urea groups is 1. The zero-order valence-corrected chi connectivity index (χ0v) is 34.6. The van der Waals surface area contributed by atoms with E-state index in [1.807, 2.05) is 51.1 Å². The maximum Gasteiger partial charge on any atom is 0.326 e. The van der Waals surface area contributed by atoms with Gasteiger partial charge in [-0.25, -0.2) is 17.9 Å². The first kappa shape index (κ1) is 42.6. The van der Waals surface area contributed by atoms with E-state index in [1.54, 1.807) is 42.7 Å². The maximum atomic E-state index is 14.9. The second kappa shape index (κ2) is 18.0. The number of hydrogen-bond acceptors (Lipinski definition) is 7. The number of hydrogen-bond donors (Lipinski definition) is 2. The number of piperazine rings is 1. The van der Waals surface area contributed by atoms with Gasteiger partial charge in [0.05, 0.1) is 29.3 Å². The SMILES string of the molecule is CCOc1cc(Cl)c(S(=O)(=O)NC(C)(C)C)cc1/C(=N/C(C)(C)C1C=CC(Cl)=CC1)N(Cc1ccc(Cl)cc1)C(=O)N1CCN(CCNC(C)=O)CC1. The van der Waals surface area contributed by atoms with E-state index < -0.39 is 21.1 Å². The molecule has 1 fully saturated rings. The summed E-state index contributed by atoms with van der Waals surface area (Å²) >= 11 is 19.3. The number of nitrogens with one attached hydrogen (secondary N) is 2. The fraction of sp³-hybridized carbons (Fsp3) is 0.500. The number of nitrogens with zero attached hydrogens (tertiary/aromatic N) is 4. The highest BCUT2D eigenvalue weighted by atomic mass is 35.5. The Hall–Kier alpha value is -3.13. The van der Waals surface area contributed by atoms with Gasteiger partial charge >= 0.3 is 6.03 Å². The van der Waals surface area contributed by atoms with Gasteiger partial charge in [-0.3, -0.25) is 19.6 Å². The molecule has 2 N–H and O–H groups in total. The third-order valence-corrected chi connectivity index (χ3v) is 11.6. The molecule has 15 heteroatoms. The number of amidine groups is 1. The lowest BCUT2D eigenvalue weighted by molar-refractivity contribution is -0.119. The van der Waals surface area contributed by atoms with Crippen molar-refractivity contribution in [2.75, 3.05) is 45.9 Å². The van der Waals surface area contributed by atoms with Crippen LogP contribution in [0, 0.1) is 5.92 Å². The molecule has 4 rings (SSSR count). The molecule has 2 aromatic carbocycles. The summed E-state index contributed by atoms with van der Waals surface area (Å²) < 4.78 is 36.5. The van der Waals surface area contributed by atoms with Crippen molar-refractivity contribution >= 4 is 62.6 Å². The highest BCUT2D eigenvalue weighted by Gasteiger charge is 2.36. The zero-order valence-electron chi connectivity index (χ0n) is 31.5. The largest absolute Gasteiger partial charge is 0.493 e. The smallest absolute Gasteiger partial charge is 0.326 e. The molecule has 1 unspecified atom stereocenters. The number of benzene rings is 2. The molecule has 2 aromatic rings. The van der Waals surface area contributed by atoms with Crippen molar-refractivity contribution in [2.45, 2.75) is 77.4 Å². The highest BCUT2D eigenvalue weighted by molar-refractivity contribution is 7.89. The molecule has 0 bridgehead atoms. The van der Waals surface area contributed by atoms with Crippen molar-refractivity contribution in [3.05, 3.63) is 80.8 Å². The molecular weight excluding hydrogens is 759 g/mol. The highest BCUT2D eigenvalue weighted by Crippen LogP contribution is 2.36. The molecular formula is C38H51Cl3N6O5S. The molecule has 11 nitrogen and oxygen atoms in total. The Bertz CT molecular complexity index is 1830. The van der Waals surface area contributed by atoms with E-state index in [4.69, 9.17) is 44.5 Å². The minimum Gasteiger partial charge on any atom is -0.493 e. The van der Waals surface area contributed by atoms with E-state index in [9.17, 15) is 18.0 Å². The van der Waals surface area contributed by atoms with Crippen LogP contribution in [-0.4, -0.2) is 97.8 Å². The van der Waals surface area contributed by atoms with Gasteiger partial charge in [0.25, 0.3) is 0 Å². The molecule has 3 amide bonds. The summed E-state index contributed by atoms with van der Waals surface area (Å²) in [5, 5.41) is 3.98. The van der Waals surface area contributed by atoms with Gasteiger partial charge in [0.2, 0.25) is 15.9 Å². The van der Waals surface area contributed by atoms with E-state index in [-0.39, 0.29) is 52.5 Å². The number of aliphatic imine (C=N–C) groups is 1. The maximum absolute atomic E-state index is 14.9. The number of rotatable bonds is 12. The van der Waals surface area contributed by atoms with Crippen molar-refractivity contribution in [1.82, 2.24) is 24.7 Å². The summed E-state index contributed by atoms with van der Waals surface area (Å²) in [4.78, 5) is 37.1. The van der Waals surface area contributed by atoms with E-state index in [0.717, 1.165) is 5.56 Å². The van der Waals surface area contributed by atoms with E-state index in [1.165, 1.54) is 19.1 Å². The van der Waals surface area contributed by atoms with Gasteiger partial charge in [0.15, 0.2) is 0 Å². The Morgan fingerprint density at radius 3 is 2.25 bits per heavy atom. The molecule has 1 aliphatic heterocycles. The minimum atomic E-state index is -4.14. The Morgan fingerprint density at radius 2 is 1.68 bits per heavy atom. The fourth-order valence-electron chi connectivity index (χ4n) is 6.12. The van der Waals surface area contributed by atoms with Gasteiger partial charge in [-0.15, -0.1) is 0 Å². The van der Waals surface area contributed by atoms with Crippen molar-refractivity contribution in [3.8, 4) is 5.75 Å². The van der Waals surface area contributed by atoms with Crippen LogP contribution in [-0.2, 0) is 21.4 Å². The van der Waals surface area contributed by atoms with Gasteiger partial charge in [0, 0.05) is 73.8 Å². The lowest BCUT2D eigenvalue weighted by atomic mass is 9.83. The Labute approximate surface area is 329 Å². The third-order valence-electron chi connectivity index (χ3n) is 8.85. The van der Waals surface area contributed by atoms with Crippen LogP contribution in [0.2, 0.25) is 10.0 Å². The normalized spacial score (nSPS) is 17.4. The second-order valence-corrected chi connectivity index (χ2v) is 17.7. The monoisotopic (exact) mass is 808 g/mol. The zero-order chi connectivity index (χ0) is 39.1. The van der Waals surface area contributed by atoms with Crippen molar-refractivity contribution in [1.29, 1.82) is 0 Å². The topological polar surface area (TPSA) is 124 Å². The Kier molecular flexibility index (Phi) is 14.5. The average Bonchev–Trinajstić information content (AvgIpc) is 3.06. The summed E-state index contributed by atoms with van der Waals surface area (Å²) in [7, 11) is -4.14. The molecule has 0 aromatic heterocycles. The van der Waals surface area contributed by atoms with E-state index in [2.05, 4.69) is 14.9 Å². The molecule has 53 heavy (non-hydrogen) atoms. The number of allylic oxidation sites excluding steroid dienone is 3. The van der Waals surface area contributed by atoms with Gasteiger partial charge in [-0.2, -0.15) is 0 Å². The van der Waals surface area contributed by atoms with Gasteiger partial charge < -0.3 is 15.0 Å². The van der Waals surface area contributed by atoms with Crippen molar-refractivity contribution < 1.29 is 22.7 Å². The minimum absolute atomic E-state index is 0.0338. The number of amides is 3. The molecule has 1 aliphatic carbocycles. The van der Waals surface area contributed by atoms with Crippen molar-refractivity contribution in [3.63, 3.8) is 0 Å². The number of carbonyl (C=O) groups is 2. The van der Waals surface area contributed by atoms with Gasteiger partial charge in [0.1, 0.15) is 16.5 Å². The first-order valence-electron chi connectivity index (χ1n) is 17.7. The number of sulfonamides is 1. The fourth-order valence-corrected chi connectivity index (χ4v) is 8.37. The van der Waals surface area contributed by atoms with E-state index >= 15 is 0 Å². The Balaban J connectivity index is 1.91. The molecule has 1 heterocycles. The quantitative estimate of drug-likeness (QED) is 0.175. The van der Waals surface area contributed by atoms with Crippen molar-refractivity contribution in [2.24, 2.45) is 10.9 Å². The van der Waals surface area contributed by atoms with Gasteiger partial charge in [-0.05, 0) is 77.8 Å². The van der Waals surface area contributed by atoms with Crippen LogP contribution < -0.4 is 14.8 Å². The number of ether oxygens (including phenoxy) is 1. The van der Waals surface area contributed by atoms with Crippen LogP contribution in [0.4, 0.5) is 4.79 Å². The van der Waals surface area contributed by atoms with E-state index in [0.29, 0.717) is 61.3 Å². The van der Waals surface area contributed by atoms with Crippen LogP contribution in [0.25, 0.3) is 0 Å². The molecule has 290 valence electrons. The molecule has 0 radical (unpaired) electrons.